The lowest BCUT2D eigenvalue weighted by Crippen LogP contribution is -2.32. The molecule has 0 radical (unpaired) electrons. The van der Waals surface area contributed by atoms with Crippen LogP contribution in [0.1, 0.15) is 15.9 Å². The number of carbonyl (C=O) groups is 3. The average Bonchev–Trinajstić information content (AvgIpc) is 2.87. The van der Waals surface area contributed by atoms with E-state index in [0.29, 0.717) is 21.8 Å². The Bertz CT molecular complexity index is 1460. The monoisotopic (exact) mass is 505 g/mol. The summed E-state index contributed by atoms with van der Waals surface area (Å²) in [6.45, 7) is 0. The van der Waals surface area contributed by atoms with Gasteiger partial charge in [-0.15, -0.1) is 0 Å². The molecule has 7 nitrogen and oxygen atoms in total. The summed E-state index contributed by atoms with van der Waals surface area (Å²) in [6.07, 6.45) is 1.32. The molecule has 4 aromatic carbocycles. The normalized spacial score (nSPS) is 10.8. The minimum atomic E-state index is -1.00. The van der Waals surface area contributed by atoms with E-state index in [0.717, 1.165) is 10.8 Å². The second-order valence-corrected chi connectivity index (χ2v) is 8.05. The number of amides is 2. The standard InChI is InChI=1S/C26H17Cl2N3O4/c27-21-12-11-18(14-22(21)28)30-24(32)25(33)31-29-15-20-19-9-5-4-6-16(19)10-13-23(20)35-26(34)17-7-2-1-3-8-17/h1-15H,(H,30,32)(H,31,33)/b29-15-. The number of fused-ring (bicyclic) bond motifs is 1. The Labute approximate surface area is 210 Å². The predicted molar refractivity (Wildman–Crippen MR) is 136 cm³/mol. The number of nitrogens with zero attached hydrogens (tertiary/aromatic N) is 1. The molecule has 0 atom stereocenters. The summed E-state index contributed by atoms with van der Waals surface area (Å²) < 4.78 is 5.60. The molecule has 0 saturated heterocycles. The molecule has 0 spiro atoms. The summed E-state index contributed by atoms with van der Waals surface area (Å²) in [6, 6.07) is 23.8. The summed E-state index contributed by atoms with van der Waals surface area (Å²) in [5.41, 5.74) is 3.31. The number of hydrogen-bond donors (Lipinski definition) is 2. The molecule has 2 N–H and O–H groups in total. The molecule has 35 heavy (non-hydrogen) atoms. The van der Waals surface area contributed by atoms with Gasteiger partial charge in [0.15, 0.2) is 0 Å². The first-order valence-electron chi connectivity index (χ1n) is 10.3. The maximum Gasteiger partial charge on any atom is 0.343 e. The highest BCUT2D eigenvalue weighted by atomic mass is 35.5. The van der Waals surface area contributed by atoms with Crippen molar-refractivity contribution in [3.63, 3.8) is 0 Å². The Morgan fingerprint density at radius 2 is 1.54 bits per heavy atom. The maximum absolute atomic E-state index is 12.6. The van der Waals surface area contributed by atoms with E-state index < -0.39 is 17.8 Å². The molecule has 0 aromatic heterocycles. The zero-order valence-corrected chi connectivity index (χ0v) is 19.5. The summed E-state index contributed by atoms with van der Waals surface area (Å²) in [5.74, 6) is -2.25. The Kier molecular flexibility index (Phi) is 7.40. The van der Waals surface area contributed by atoms with E-state index >= 15 is 0 Å². The van der Waals surface area contributed by atoms with Crippen LogP contribution in [0.5, 0.6) is 5.75 Å². The first-order chi connectivity index (χ1) is 16.9. The molecular weight excluding hydrogens is 489 g/mol. The fraction of sp³-hybridized carbons (Fsp3) is 0. The lowest BCUT2D eigenvalue weighted by molar-refractivity contribution is -0.136. The molecule has 4 aromatic rings. The van der Waals surface area contributed by atoms with Gasteiger partial charge in [-0.25, -0.2) is 10.2 Å². The van der Waals surface area contributed by atoms with Gasteiger partial charge in [0, 0.05) is 11.3 Å². The van der Waals surface area contributed by atoms with E-state index in [-0.39, 0.29) is 10.8 Å². The van der Waals surface area contributed by atoms with Crippen molar-refractivity contribution in [3.05, 3.63) is 106 Å². The number of carbonyl (C=O) groups excluding carboxylic acids is 3. The van der Waals surface area contributed by atoms with Crippen LogP contribution < -0.4 is 15.5 Å². The summed E-state index contributed by atoms with van der Waals surface area (Å²) >= 11 is 11.8. The van der Waals surface area contributed by atoms with E-state index in [1.165, 1.54) is 24.4 Å². The number of anilines is 1. The largest absolute Gasteiger partial charge is 0.422 e. The van der Waals surface area contributed by atoms with Gasteiger partial charge in [-0.1, -0.05) is 71.7 Å². The minimum Gasteiger partial charge on any atom is -0.422 e. The molecule has 0 unspecified atom stereocenters. The average molecular weight is 506 g/mol. The lowest BCUT2D eigenvalue weighted by Gasteiger charge is -2.10. The smallest absolute Gasteiger partial charge is 0.343 e. The van der Waals surface area contributed by atoms with Gasteiger partial charge >= 0.3 is 17.8 Å². The Morgan fingerprint density at radius 1 is 0.800 bits per heavy atom. The summed E-state index contributed by atoms with van der Waals surface area (Å²) in [7, 11) is 0. The van der Waals surface area contributed by atoms with Gasteiger partial charge < -0.3 is 10.1 Å². The lowest BCUT2D eigenvalue weighted by atomic mass is 10.0. The van der Waals surface area contributed by atoms with Crippen molar-refractivity contribution in [1.29, 1.82) is 0 Å². The first kappa shape index (κ1) is 23.9. The van der Waals surface area contributed by atoms with Crippen LogP contribution in [-0.4, -0.2) is 24.0 Å². The van der Waals surface area contributed by atoms with Crippen molar-refractivity contribution < 1.29 is 19.1 Å². The molecule has 2 amide bonds. The van der Waals surface area contributed by atoms with Crippen molar-refractivity contribution in [1.82, 2.24) is 5.43 Å². The number of halogens is 2. The van der Waals surface area contributed by atoms with Crippen LogP contribution in [0, 0.1) is 0 Å². The van der Waals surface area contributed by atoms with E-state index in [1.54, 1.807) is 36.4 Å². The summed E-state index contributed by atoms with van der Waals surface area (Å²) in [4.78, 5) is 37.0. The molecule has 0 heterocycles. The van der Waals surface area contributed by atoms with Crippen molar-refractivity contribution in [2.45, 2.75) is 0 Å². The predicted octanol–water partition coefficient (Wildman–Crippen LogP) is 5.45. The number of esters is 1. The number of hydrogen-bond acceptors (Lipinski definition) is 5. The fourth-order valence-corrected chi connectivity index (χ4v) is 3.50. The zero-order valence-electron chi connectivity index (χ0n) is 18.0. The van der Waals surface area contributed by atoms with E-state index in [2.05, 4.69) is 15.8 Å². The quantitative estimate of drug-likeness (QED) is 0.124. The van der Waals surface area contributed by atoms with Crippen LogP contribution >= 0.6 is 23.2 Å². The van der Waals surface area contributed by atoms with Crippen LogP contribution in [0.3, 0.4) is 0 Å². The SMILES string of the molecule is O=C(N/N=C\c1c(OC(=O)c2ccccc2)ccc2ccccc12)C(=O)Nc1ccc(Cl)c(Cl)c1. The van der Waals surface area contributed by atoms with Gasteiger partial charge in [0.25, 0.3) is 0 Å². The van der Waals surface area contributed by atoms with Crippen molar-refractivity contribution in [2.24, 2.45) is 5.10 Å². The van der Waals surface area contributed by atoms with Gasteiger partial charge in [-0.3, -0.25) is 9.59 Å². The molecule has 4 rings (SSSR count). The van der Waals surface area contributed by atoms with Gasteiger partial charge in [-0.2, -0.15) is 5.10 Å². The first-order valence-corrected chi connectivity index (χ1v) is 11.1. The summed E-state index contributed by atoms with van der Waals surface area (Å²) in [5, 5.41) is 8.47. The van der Waals surface area contributed by atoms with Gasteiger partial charge in [0.1, 0.15) is 5.75 Å². The fourth-order valence-electron chi connectivity index (χ4n) is 3.20. The Morgan fingerprint density at radius 3 is 2.31 bits per heavy atom. The van der Waals surface area contributed by atoms with E-state index in [4.69, 9.17) is 27.9 Å². The minimum absolute atomic E-state index is 0.233. The van der Waals surface area contributed by atoms with Crippen LogP contribution in [-0.2, 0) is 9.59 Å². The molecule has 0 aliphatic heterocycles. The topological polar surface area (TPSA) is 96.9 Å². The number of nitrogens with one attached hydrogen (secondary N) is 2. The highest BCUT2D eigenvalue weighted by Crippen LogP contribution is 2.28. The number of ether oxygens (including phenoxy) is 1. The van der Waals surface area contributed by atoms with Crippen molar-refractivity contribution >= 4 is 63.7 Å². The number of hydrazone groups is 1. The molecule has 9 heteroatoms. The van der Waals surface area contributed by atoms with E-state index in [1.807, 2.05) is 30.3 Å². The number of rotatable bonds is 5. The molecule has 0 fully saturated rings. The van der Waals surface area contributed by atoms with Crippen LogP contribution in [0.15, 0.2) is 90.0 Å². The molecule has 0 bridgehead atoms. The van der Waals surface area contributed by atoms with Gasteiger partial charge in [0.2, 0.25) is 0 Å². The molecule has 0 aliphatic rings. The highest BCUT2D eigenvalue weighted by molar-refractivity contribution is 6.43. The van der Waals surface area contributed by atoms with Gasteiger partial charge in [0.05, 0.1) is 21.8 Å². The third-order valence-electron chi connectivity index (χ3n) is 4.89. The second kappa shape index (κ2) is 10.8. The molecule has 0 aliphatic carbocycles. The van der Waals surface area contributed by atoms with Crippen LogP contribution in [0.4, 0.5) is 5.69 Å². The van der Waals surface area contributed by atoms with Gasteiger partial charge in [-0.05, 0) is 47.2 Å². The van der Waals surface area contributed by atoms with Crippen molar-refractivity contribution in [3.8, 4) is 5.75 Å². The Balaban J connectivity index is 1.53. The third-order valence-corrected chi connectivity index (χ3v) is 5.63. The maximum atomic E-state index is 12.6. The third kappa shape index (κ3) is 5.84. The molecular formula is C26H17Cl2N3O4. The van der Waals surface area contributed by atoms with Crippen LogP contribution in [0.2, 0.25) is 10.0 Å². The molecule has 174 valence electrons. The van der Waals surface area contributed by atoms with Crippen molar-refractivity contribution in [2.75, 3.05) is 5.32 Å². The van der Waals surface area contributed by atoms with Crippen LogP contribution in [0.25, 0.3) is 10.8 Å². The molecule has 0 saturated carbocycles. The zero-order chi connectivity index (χ0) is 24.8. The van der Waals surface area contributed by atoms with E-state index in [9.17, 15) is 14.4 Å². The Hall–Kier alpha value is -4.20. The highest BCUT2D eigenvalue weighted by Gasteiger charge is 2.15. The number of benzene rings is 4. The second-order valence-electron chi connectivity index (χ2n) is 7.24.